The molecule has 0 spiro atoms. The van der Waals surface area contributed by atoms with Crippen LogP contribution in [0, 0.1) is 11.3 Å². The molecule has 1 aromatic rings. The Morgan fingerprint density at radius 3 is 3.10 bits per heavy atom. The fourth-order valence-electron chi connectivity index (χ4n) is 3.88. The van der Waals surface area contributed by atoms with Gasteiger partial charge in [0.1, 0.15) is 5.76 Å². The molecule has 3 aliphatic rings. The molecule has 3 fully saturated rings. The van der Waals surface area contributed by atoms with Crippen LogP contribution in [0.1, 0.15) is 25.0 Å². The fourth-order valence-corrected chi connectivity index (χ4v) is 3.88. The summed E-state index contributed by atoms with van der Waals surface area (Å²) >= 11 is 0. The van der Waals surface area contributed by atoms with Crippen molar-refractivity contribution in [3.63, 3.8) is 0 Å². The Bertz CT molecular complexity index is 512. The van der Waals surface area contributed by atoms with Crippen LogP contribution in [-0.2, 0) is 16.1 Å². The number of amides is 1. The molecule has 21 heavy (non-hydrogen) atoms. The van der Waals surface area contributed by atoms with Crippen molar-refractivity contribution < 1.29 is 13.9 Å². The summed E-state index contributed by atoms with van der Waals surface area (Å²) in [7, 11) is 0. The molecule has 1 amide bonds. The van der Waals surface area contributed by atoms with E-state index in [1.807, 2.05) is 12.1 Å². The van der Waals surface area contributed by atoms with Gasteiger partial charge in [-0.05, 0) is 25.0 Å². The fraction of sp³-hybridized carbons (Fsp3) is 0.688. The van der Waals surface area contributed by atoms with Gasteiger partial charge in [-0.15, -0.1) is 0 Å². The van der Waals surface area contributed by atoms with E-state index >= 15 is 0 Å². The molecule has 1 aromatic heterocycles. The minimum absolute atomic E-state index is 0.128. The van der Waals surface area contributed by atoms with Crippen molar-refractivity contribution in [2.75, 3.05) is 26.3 Å². The lowest BCUT2D eigenvalue weighted by Crippen LogP contribution is -2.47. The highest BCUT2D eigenvalue weighted by molar-refractivity contribution is 5.84. The maximum atomic E-state index is 12.8. The van der Waals surface area contributed by atoms with Gasteiger partial charge in [-0.1, -0.05) is 6.42 Å². The van der Waals surface area contributed by atoms with Gasteiger partial charge in [0.2, 0.25) is 5.91 Å². The van der Waals surface area contributed by atoms with Crippen molar-refractivity contribution in [2.45, 2.75) is 31.8 Å². The smallest absolute Gasteiger partial charge is 0.230 e. The van der Waals surface area contributed by atoms with Crippen molar-refractivity contribution in [1.82, 2.24) is 10.2 Å². The molecule has 4 rings (SSSR count). The highest BCUT2D eigenvalue weighted by Crippen LogP contribution is 2.44. The Labute approximate surface area is 124 Å². The van der Waals surface area contributed by atoms with Gasteiger partial charge in [0, 0.05) is 25.0 Å². The molecule has 5 nitrogen and oxygen atoms in total. The van der Waals surface area contributed by atoms with Crippen LogP contribution in [0.5, 0.6) is 0 Å². The van der Waals surface area contributed by atoms with Gasteiger partial charge in [0.15, 0.2) is 0 Å². The standard InChI is InChI=1S/C16H22N2O3/c19-15(17-7-14-5-2-6-21-14)16-10-18(13-3-1-4-13)8-12(16)9-20-11-16/h2,5-6,12-13H,1,3-4,7-11H2,(H,17,19)/t12-,16-/m1/s1. The highest BCUT2D eigenvalue weighted by atomic mass is 16.5. The average Bonchev–Trinajstić information content (AvgIpc) is 3.08. The van der Waals surface area contributed by atoms with E-state index < -0.39 is 0 Å². The monoisotopic (exact) mass is 290 g/mol. The van der Waals surface area contributed by atoms with Gasteiger partial charge < -0.3 is 14.5 Å². The normalized spacial score (nSPS) is 32.9. The molecule has 1 aliphatic carbocycles. The first-order valence-electron chi connectivity index (χ1n) is 7.90. The zero-order valence-electron chi connectivity index (χ0n) is 12.2. The van der Waals surface area contributed by atoms with Crippen LogP contribution in [0.25, 0.3) is 0 Å². The lowest BCUT2D eigenvalue weighted by atomic mass is 9.80. The van der Waals surface area contributed by atoms with E-state index in [0.29, 0.717) is 25.1 Å². The molecular formula is C16H22N2O3. The molecule has 5 heteroatoms. The Morgan fingerprint density at radius 2 is 2.38 bits per heavy atom. The quantitative estimate of drug-likeness (QED) is 0.910. The maximum absolute atomic E-state index is 12.8. The first kappa shape index (κ1) is 13.3. The van der Waals surface area contributed by atoms with Crippen LogP contribution >= 0.6 is 0 Å². The number of furan rings is 1. The number of nitrogens with one attached hydrogen (secondary N) is 1. The van der Waals surface area contributed by atoms with E-state index in [0.717, 1.165) is 25.5 Å². The number of rotatable bonds is 4. The first-order chi connectivity index (χ1) is 10.3. The van der Waals surface area contributed by atoms with Gasteiger partial charge in [0.25, 0.3) is 0 Å². The summed E-state index contributed by atoms with van der Waals surface area (Å²) in [4.78, 5) is 15.3. The Kier molecular flexibility index (Phi) is 3.27. The topological polar surface area (TPSA) is 54.7 Å². The number of likely N-dealkylation sites (tertiary alicyclic amines) is 1. The van der Waals surface area contributed by atoms with Crippen molar-refractivity contribution >= 4 is 5.91 Å². The Balaban J connectivity index is 1.44. The molecule has 0 bridgehead atoms. The highest BCUT2D eigenvalue weighted by Gasteiger charge is 2.56. The second-order valence-electron chi connectivity index (χ2n) is 6.64. The van der Waals surface area contributed by atoms with Gasteiger partial charge in [0.05, 0.1) is 31.4 Å². The van der Waals surface area contributed by atoms with Gasteiger partial charge in [-0.3, -0.25) is 9.69 Å². The number of hydrogen-bond donors (Lipinski definition) is 1. The number of carbonyl (C=O) groups is 1. The van der Waals surface area contributed by atoms with Gasteiger partial charge in [-0.2, -0.15) is 0 Å². The third-order valence-electron chi connectivity index (χ3n) is 5.45. The molecule has 3 heterocycles. The third-order valence-corrected chi connectivity index (χ3v) is 5.45. The number of hydrogen-bond acceptors (Lipinski definition) is 4. The van der Waals surface area contributed by atoms with Gasteiger partial charge >= 0.3 is 0 Å². The molecule has 2 atom stereocenters. The Morgan fingerprint density at radius 1 is 1.48 bits per heavy atom. The summed E-state index contributed by atoms with van der Waals surface area (Å²) in [5.41, 5.74) is -0.345. The van der Waals surface area contributed by atoms with E-state index in [9.17, 15) is 4.79 Å². The van der Waals surface area contributed by atoms with Crippen LogP contribution in [0.15, 0.2) is 22.8 Å². The summed E-state index contributed by atoms with van der Waals surface area (Å²) in [5, 5.41) is 3.05. The molecular weight excluding hydrogens is 268 g/mol. The molecule has 0 radical (unpaired) electrons. The van der Waals surface area contributed by atoms with E-state index in [1.165, 1.54) is 19.3 Å². The predicted octanol–water partition coefficient (Wildman–Crippen LogP) is 1.40. The third kappa shape index (κ3) is 2.19. The zero-order chi connectivity index (χ0) is 14.3. The van der Waals surface area contributed by atoms with E-state index in [-0.39, 0.29) is 11.3 Å². The van der Waals surface area contributed by atoms with E-state index in [4.69, 9.17) is 9.15 Å². The summed E-state index contributed by atoms with van der Waals surface area (Å²) in [5.74, 6) is 1.27. The summed E-state index contributed by atoms with van der Waals surface area (Å²) in [6, 6.07) is 4.43. The maximum Gasteiger partial charge on any atom is 0.230 e. The number of carbonyl (C=O) groups excluding carboxylic acids is 1. The molecule has 0 aromatic carbocycles. The minimum Gasteiger partial charge on any atom is -0.467 e. The largest absolute Gasteiger partial charge is 0.467 e. The summed E-state index contributed by atoms with van der Waals surface area (Å²) in [6.07, 6.45) is 5.55. The minimum atomic E-state index is -0.345. The molecule has 1 saturated carbocycles. The molecule has 0 unspecified atom stereocenters. The zero-order valence-corrected chi connectivity index (χ0v) is 12.2. The average molecular weight is 290 g/mol. The van der Waals surface area contributed by atoms with Gasteiger partial charge in [-0.25, -0.2) is 0 Å². The second-order valence-corrected chi connectivity index (χ2v) is 6.64. The number of fused-ring (bicyclic) bond motifs is 1. The first-order valence-corrected chi connectivity index (χ1v) is 7.90. The van der Waals surface area contributed by atoms with Crippen LogP contribution in [0.3, 0.4) is 0 Å². The summed E-state index contributed by atoms with van der Waals surface area (Å²) < 4.78 is 10.9. The van der Waals surface area contributed by atoms with Crippen LogP contribution in [0.4, 0.5) is 0 Å². The van der Waals surface area contributed by atoms with Crippen LogP contribution < -0.4 is 5.32 Å². The summed E-state index contributed by atoms with van der Waals surface area (Å²) in [6.45, 7) is 3.61. The SMILES string of the molecule is O=C(NCc1ccco1)[C@]12COC[C@H]1CN(C1CCC1)C2. The molecule has 114 valence electrons. The van der Waals surface area contributed by atoms with Crippen molar-refractivity contribution in [1.29, 1.82) is 0 Å². The Hall–Kier alpha value is -1.33. The van der Waals surface area contributed by atoms with Crippen molar-refractivity contribution in [3.05, 3.63) is 24.2 Å². The number of nitrogens with zero attached hydrogens (tertiary/aromatic N) is 1. The van der Waals surface area contributed by atoms with Crippen molar-refractivity contribution in [3.8, 4) is 0 Å². The van der Waals surface area contributed by atoms with Crippen LogP contribution in [0.2, 0.25) is 0 Å². The lowest BCUT2D eigenvalue weighted by Gasteiger charge is -2.36. The molecule has 1 N–H and O–H groups in total. The second kappa shape index (κ2) is 5.14. The van der Waals surface area contributed by atoms with E-state index in [1.54, 1.807) is 6.26 Å². The van der Waals surface area contributed by atoms with E-state index in [2.05, 4.69) is 10.2 Å². The number of ether oxygens (including phenoxy) is 1. The molecule has 2 saturated heterocycles. The predicted molar refractivity (Wildman–Crippen MR) is 76.5 cm³/mol. The van der Waals surface area contributed by atoms with Crippen LogP contribution in [-0.4, -0.2) is 43.2 Å². The lowest BCUT2D eigenvalue weighted by molar-refractivity contribution is -0.132. The van der Waals surface area contributed by atoms with Crippen molar-refractivity contribution in [2.24, 2.45) is 11.3 Å². The molecule has 2 aliphatic heterocycles.